The van der Waals surface area contributed by atoms with Crippen LogP contribution in [0, 0.1) is 0 Å². The van der Waals surface area contributed by atoms with E-state index < -0.39 is 0 Å². The average molecular weight is 380 g/mol. The zero-order chi connectivity index (χ0) is 16.4. The van der Waals surface area contributed by atoms with Crippen molar-refractivity contribution in [1.29, 1.82) is 0 Å². The largest absolute Gasteiger partial charge is 0.366 e. The maximum Gasteiger partial charge on any atom is 0.129 e. The predicted molar refractivity (Wildman–Crippen MR) is 97.7 cm³/mol. The fourth-order valence-electron chi connectivity index (χ4n) is 2.61. The summed E-state index contributed by atoms with van der Waals surface area (Å²) in [5.74, 6) is 0.918. The van der Waals surface area contributed by atoms with E-state index in [1.54, 1.807) is 12.4 Å². The Morgan fingerprint density at radius 3 is 2.54 bits per heavy atom. The summed E-state index contributed by atoms with van der Waals surface area (Å²) < 4.78 is 2.69. The first kappa shape index (κ1) is 14.8. The summed E-state index contributed by atoms with van der Waals surface area (Å²) in [6.45, 7) is 0.631. The lowest BCUT2D eigenvalue weighted by Crippen LogP contribution is -2.06. The summed E-state index contributed by atoms with van der Waals surface area (Å²) in [7, 11) is 0. The molecule has 0 saturated carbocycles. The Morgan fingerprint density at radius 2 is 1.75 bits per heavy atom. The molecule has 5 nitrogen and oxygen atoms in total. The smallest absolute Gasteiger partial charge is 0.129 e. The quantitative estimate of drug-likeness (QED) is 0.578. The van der Waals surface area contributed by atoms with Crippen LogP contribution in [0.5, 0.6) is 0 Å². The molecule has 24 heavy (non-hydrogen) atoms. The lowest BCUT2D eigenvalue weighted by Gasteiger charge is -2.11. The molecular weight excluding hydrogens is 366 g/mol. The van der Waals surface area contributed by atoms with Crippen molar-refractivity contribution in [2.24, 2.45) is 0 Å². The molecule has 0 atom stereocenters. The van der Waals surface area contributed by atoms with Crippen LogP contribution in [-0.4, -0.2) is 19.6 Å². The molecule has 0 saturated heterocycles. The van der Waals surface area contributed by atoms with E-state index in [4.69, 9.17) is 0 Å². The summed E-state index contributed by atoms with van der Waals surface area (Å²) in [4.78, 5) is 8.10. The third-order valence-corrected chi connectivity index (χ3v) is 4.11. The van der Waals surface area contributed by atoms with Crippen molar-refractivity contribution in [3.8, 4) is 11.1 Å². The van der Waals surface area contributed by atoms with Gasteiger partial charge in [0.25, 0.3) is 0 Å². The zero-order valence-corrected chi connectivity index (χ0v) is 14.3. The minimum absolute atomic E-state index is 0.631. The normalized spacial score (nSPS) is 10.9. The van der Waals surface area contributed by atoms with Crippen LogP contribution in [0.3, 0.4) is 0 Å². The van der Waals surface area contributed by atoms with E-state index in [0.717, 1.165) is 27.1 Å². The molecule has 1 aromatic carbocycles. The highest BCUT2D eigenvalue weighted by Crippen LogP contribution is 2.27. The molecule has 4 rings (SSSR count). The first-order chi connectivity index (χ1) is 11.8. The second kappa shape index (κ2) is 6.41. The van der Waals surface area contributed by atoms with E-state index in [2.05, 4.69) is 60.6 Å². The van der Waals surface area contributed by atoms with Crippen LogP contribution < -0.4 is 5.32 Å². The monoisotopic (exact) mass is 379 g/mol. The number of fused-ring (bicyclic) bond motifs is 1. The van der Waals surface area contributed by atoms with Crippen molar-refractivity contribution < 1.29 is 0 Å². The highest BCUT2D eigenvalue weighted by Gasteiger charge is 2.08. The van der Waals surface area contributed by atoms with E-state index in [-0.39, 0.29) is 0 Å². The molecule has 0 radical (unpaired) electrons. The molecule has 6 heteroatoms. The summed E-state index contributed by atoms with van der Waals surface area (Å²) >= 11 is 3.46. The number of nitrogens with zero attached hydrogens (tertiary/aromatic N) is 4. The van der Waals surface area contributed by atoms with Crippen LogP contribution in [0.15, 0.2) is 71.9 Å². The Morgan fingerprint density at radius 1 is 0.958 bits per heavy atom. The summed E-state index contributed by atoms with van der Waals surface area (Å²) in [6, 6.07) is 16.5. The van der Waals surface area contributed by atoms with Gasteiger partial charge in [-0.2, -0.15) is 5.10 Å². The summed E-state index contributed by atoms with van der Waals surface area (Å²) in [5, 5.41) is 7.93. The van der Waals surface area contributed by atoms with E-state index in [9.17, 15) is 0 Å². The van der Waals surface area contributed by atoms with Crippen LogP contribution in [0.2, 0.25) is 0 Å². The molecule has 0 bridgehead atoms. The topological polar surface area (TPSA) is 55.1 Å². The van der Waals surface area contributed by atoms with Crippen LogP contribution >= 0.6 is 15.9 Å². The molecule has 4 aromatic rings. The molecule has 0 aliphatic heterocycles. The Balaban J connectivity index is 1.75. The second-order valence-electron chi connectivity index (χ2n) is 5.40. The van der Waals surface area contributed by atoms with Gasteiger partial charge in [-0.05, 0) is 45.3 Å². The zero-order valence-electron chi connectivity index (χ0n) is 12.7. The summed E-state index contributed by atoms with van der Waals surface area (Å²) in [6.07, 6.45) is 5.14. The van der Waals surface area contributed by atoms with Crippen LogP contribution in [0.1, 0.15) is 5.56 Å². The highest BCUT2D eigenvalue weighted by atomic mass is 79.9. The first-order valence-corrected chi connectivity index (χ1v) is 8.31. The van der Waals surface area contributed by atoms with E-state index in [0.29, 0.717) is 6.54 Å². The molecule has 118 valence electrons. The maximum atomic E-state index is 4.50. The Labute approximate surface area is 147 Å². The third-order valence-electron chi connectivity index (χ3n) is 3.73. The van der Waals surface area contributed by atoms with Gasteiger partial charge >= 0.3 is 0 Å². The fourth-order valence-corrected chi connectivity index (χ4v) is 3.00. The summed E-state index contributed by atoms with van der Waals surface area (Å²) in [5.41, 5.74) is 4.35. The average Bonchev–Trinajstić information content (AvgIpc) is 3.01. The molecule has 3 aromatic heterocycles. The van der Waals surface area contributed by atoms with Crippen molar-refractivity contribution >= 4 is 27.3 Å². The lowest BCUT2D eigenvalue weighted by atomic mass is 10.1. The van der Waals surface area contributed by atoms with Gasteiger partial charge in [0.05, 0.1) is 5.52 Å². The van der Waals surface area contributed by atoms with Crippen molar-refractivity contribution in [1.82, 2.24) is 19.6 Å². The van der Waals surface area contributed by atoms with Gasteiger partial charge in [0.1, 0.15) is 16.7 Å². The molecular formula is C18H14BrN5. The lowest BCUT2D eigenvalue weighted by molar-refractivity contribution is 0.928. The van der Waals surface area contributed by atoms with Gasteiger partial charge in [0.2, 0.25) is 0 Å². The number of hydrogen-bond donors (Lipinski definition) is 1. The number of anilines is 1. The molecule has 1 N–H and O–H groups in total. The van der Waals surface area contributed by atoms with Gasteiger partial charge in [-0.1, -0.05) is 30.3 Å². The third kappa shape index (κ3) is 3.00. The molecule has 0 aliphatic rings. The Kier molecular flexibility index (Phi) is 3.96. The molecule has 3 heterocycles. The Bertz CT molecular complexity index is 967. The van der Waals surface area contributed by atoms with Crippen molar-refractivity contribution in [2.75, 3.05) is 5.32 Å². The van der Waals surface area contributed by atoms with Crippen LogP contribution in [0.25, 0.3) is 16.6 Å². The molecule has 0 spiro atoms. The van der Waals surface area contributed by atoms with E-state index >= 15 is 0 Å². The number of benzene rings is 1. The van der Waals surface area contributed by atoms with Gasteiger partial charge in [-0.3, -0.25) is 0 Å². The number of aromatic nitrogens is 4. The van der Waals surface area contributed by atoms with Crippen LogP contribution in [0.4, 0.5) is 5.82 Å². The van der Waals surface area contributed by atoms with Gasteiger partial charge in [-0.15, -0.1) is 0 Å². The second-order valence-corrected chi connectivity index (χ2v) is 6.21. The molecule has 0 amide bonds. The molecule has 0 fully saturated rings. The number of nitrogens with one attached hydrogen (secondary N) is 1. The number of rotatable bonds is 4. The fraction of sp³-hybridized carbons (Fsp3) is 0.0556. The van der Waals surface area contributed by atoms with Gasteiger partial charge in [0.15, 0.2) is 0 Å². The standard InChI is InChI=1S/C18H14BrN5/c19-17-8-16-6-15(14-4-2-1-3-5-14)7-18(24(16)23-17)22-11-13-9-20-12-21-10-13/h1-10,12,22H,11H2. The van der Waals surface area contributed by atoms with Gasteiger partial charge in [-0.25, -0.2) is 14.5 Å². The number of hydrogen-bond acceptors (Lipinski definition) is 4. The predicted octanol–water partition coefficient (Wildman–Crippen LogP) is 4.17. The van der Waals surface area contributed by atoms with E-state index in [1.165, 1.54) is 11.9 Å². The van der Waals surface area contributed by atoms with Crippen molar-refractivity contribution in [3.05, 3.63) is 77.4 Å². The molecule has 0 aliphatic carbocycles. The molecule has 0 unspecified atom stereocenters. The van der Waals surface area contributed by atoms with Gasteiger partial charge in [0, 0.05) is 24.5 Å². The minimum Gasteiger partial charge on any atom is -0.366 e. The van der Waals surface area contributed by atoms with Crippen LogP contribution in [-0.2, 0) is 6.54 Å². The minimum atomic E-state index is 0.631. The Hall–Kier alpha value is -2.73. The number of halogens is 1. The van der Waals surface area contributed by atoms with E-state index in [1.807, 2.05) is 28.8 Å². The maximum absolute atomic E-state index is 4.50. The highest BCUT2D eigenvalue weighted by molar-refractivity contribution is 9.10. The SMILES string of the molecule is Brc1cc2cc(-c3ccccc3)cc(NCc3cncnc3)n2n1. The number of pyridine rings is 1. The van der Waals surface area contributed by atoms with Gasteiger partial charge < -0.3 is 5.32 Å². The van der Waals surface area contributed by atoms with Crippen molar-refractivity contribution in [3.63, 3.8) is 0 Å². The van der Waals surface area contributed by atoms with Crippen molar-refractivity contribution in [2.45, 2.75) is 6.54 Å². The first-order valence-electron chi connectivity index (χ1n) is 7.52.